The van der Waals surface area contributed by atoms with Crippen LogP contribution in [0, 0.1) is 0 Å². The van der Waals surface area contributed by atoms with Crippen molar-refractivity contribution in [2.24, 2.45) is 0 Å². The molecule has 0 unspecified atom stereocenters. The van der Waals surface area contributed by atoms with Crippen LogP contribution < -0.4 is 9.47 Å². The van der Waals surface area contributed by atoms with Crippen LogP contribution in [0.1, 0.15) is 48.5 Å². The molecule has 4 aromatic carbocycles. The molecule has 7 aromatic rings. The van der Waals surface area contributed by atoms with Gasteiger partial charge in [0.05, 0.1) is 36.0 Å². The summed E-state index contributed by atoms with van der Waals surface area (Å²) in [5.41, 5.74) is 11.5. The van der Waals surface area contributed by atoms with Gasteiger partial charge < -0.3 is 19.7 Å². The zero-order chi connectivity index (χ0) is 42.4. The summed E-state index contributed by atoms with van der Waals surface area (Å²) < 4.78 is 16.0. The molecule has 2 aliphatic heterocycles. The highest BCUT2D eigenvalue weighted by Gasteiger charge is 2.19. The third-order valence-electron chi connectivity index (χ3n) is 10.5. The van der Waals surface area contributed by atoms with Gasteiger partial charge in [0.2, 0.25) is 0 Å². The van der Waals surface area contributed by atoms with Gasteiger partial charge in [-0.25, -0.2) is 9.97 Å². The number of carboxylic acid groups (broad SMARTS) is 2. The number of benzene rings is 4. The van der Waals surface area contributed by atoms with Gasteiger partial charge in [-0.05, 0) is 108 Å². The number of hydrogen-bond acceptors (Lipinski definition) is 8. The maximum absolute atomic E-state index is 11.1. The Morgan fingerprint density at radius 3 is 1.03 bits per heavy atom. The molecule has 3 aromatic heterocycles. The monoisotopic (exact) mass is 852 g/mol. The molecule has 8 bridgehead atoms. The third kappa shape index (κ3) is 8.83. The van der Waals surface area contributed by atoms with Crippen LogP contribution in [0.4, 0.5) is 0 Å². The van der Waals surface area contributed by atoms with Gasteiger partial charge >= 0.3 is 11.9 Å². The molecule has 0 fully saturated rings. The Kier molecular flexibility index (Phi) is 11.8. The average Bonchev–Trinajstić information content (AvgIpc) is 4.14. The standard InChI is InChI=1S/C52H40N2O6S2/c55-47(56)13-7-31-59-37-19-15-35(16-20-37)51-41-25-23-39(53-41)49(33-9-3-1-4-10-33)43-27-28-44(61-43)50(34-11-5-2-6-12-34)40-24-26-42(54-40)52(46-30-29-45(51)62-46)36-17-21-38(22-18-36)60-32-8-14-48(57)58/h1-6,9-12,15-30H,7-8,13-14,31-32H2,(H,55,56)(H,57,58). The van der Waals surface area contributed by atoms with E-state index in [1.165, 1.54) is 0 Å². The second-order valence-electron chi connectivity index (χ2n) is 14.7. The molecule has 0 aliphatic carbocycles. The van der Waals surface area contributed by atoms with Crippen molar-refractivity contribution in [3.8, 4) is 56.0 Å². The lowest BCUT2D eigenvalue weighted by Crippen LogP contribution is -2.01. The van der Waals surface area contributed by atoms with E-state index in [9.17, 15) is 9.59 Å². The van der Waals surface area contributed by atoms with E-state index in [4.69, 9.17) is 29.7 Å². The van der Waals surface area contributed by atoms with Gasteiger partial charge in [0.15, 0.2) is 0 Å². The normalized spacial score (nSPS) is 11.7. The molecule has 0 radical (unpaired) electrons. The summed E-state index contributed by atoms with van der Waals surface area (Å²) in [6.45, 7) is 0.622. The van der Waals surface area contributed by atoms with E-state index in [0.717, 1.165) is 86.1 Å². The minimum absolute atomic E-state index is 0.0516. The van der Waals surface area contributed by atoms with Crippen LogP contribution in [-0.4, -0.2) is 45.3 Å². The Morgan fingerprint density at radius 1 is 0.419 bits per heavy atom. The molecule has 62 heavy (non-hydrogen) atoms. The molecule has 9 rings (SSSR count). The number of carboxylic acids is 2. The van der Waals surface area contributed by atoms with Gasteiger partial charge in [0.25, 0.3) is 0 Å². The lowest BCUT2D eigenvalue weighted by atomic mass is 10.0. The fourth-order valence-corrected chi connectivity index (χ4v) is 9.95. The Labute approximate surface area is 366 Å². The first-order valence-electron chi connectivity index (χ1n) is 20.4. The zero-order valence-corrected chi connectivity index (χ0v) is 35.1. The van der Waals surface area contributed by atoms with Crippen LogP contribution in [0.3, 0.4) is 0 Å². The lowest BCUT2D eigenvalue weighted by Gasteiger charge is -2.09. The zero-order valence-electron chi connectivity index (χ0n) is 33.5. The number of aliphatic carboxylic acids is 2. The van der Waals surface area contributed by atoms with Gasteiger partial charge in [-0.15, -0.1) is 22.7 Å². The number of aromatic nitrogens is 2. The molecule has 306 valence electrons. The first kappa shape index (κ1) is 40.3. The Morgan fingerprint density at radius 2 is 0.726 bits per heavy atom. The summed E-state index contributed by atoms with van der Waals surface area (Å²) in [5.74, 6) is -0.353. The molecule has 0 amide bonds. The molecule has 2 aliphatic rings. The summed E-state index contributed by atoms with van der Waals surface area (Å²) in [6, 6.07) is 45.3. The van der Waals surface area contributed by atoms with Crippen LogP contribution in [0.5, 0.6) is 11.5 Å². The van der Waals surface area contributed by atoms with Crippen molar-refractivity contribution in [2.45, 2.75) is 25.7 Å². The maximum Gasteiger partial charge on any atom is 0.303 e. The van der Waals surface area contributed by atoms with Crippen LogP contribution in [0.2, 0.25) is 0 Å². The first-order valence-corrected chi connectivity index (χ1v) is 22.0. The van der Waals surface area contributed by atoms with E-state index in [1.807, 2.05) is 60.7 Å². The molecular formula is C52H40N2O6S2. The van der Waals surface area contributed by atoms with E-state index in [0.29, 0.717) is 37.6 Å². The van der Waals surface area contributed by atoms with Crippen molar-refractivity contribution in [2.75, 3.05) is 13.2 Å². The minimum Gasteiger partial charge on any atom is -0.494 e. The topological polar surface area (TPSA) is 119 Å². The highest BCUT2D eigenvalue weighted by Crippen LogP contribution is 2.43. The van der Waals surface area contributed by atoms with Crippen molar-refractivity contribution in [3.63, 3.8) is 0 Å². The molecule has 0 atom stereocenters. The van der Waals surface area contributed by atoms with Crippen LogP contribution >= 0.6 is 22.7 Å². The van der Waals surface area contributed by atoms with Gasteiger partial charge in [0, 0.05) is 53.9 Å². The summed E-state index contributed by atoms with van der Waals surface area (Å²) in [6.07, 6.45) is 9.37. The largest absolute Gasteiger partial charge is 0.494 e. The number of hydrogen-bond donors (Lipinski definition) is 2. The molecule has 0 spiro atoms. The van der Waals surface area contributed by atoms with E-state index in [2.05, 4.69) is 97.1 Å². The third-order valence-corrected chi connectivity index (χ3v) is 12.8. The molecule has 2 N–H and O–H groups in total. The number of nitrogens with zero attached hydrogens (tertiary/aromatic N) is 2. The predicted octanol–water partition coefficient (Wildman–Crippen LogP) is 13.3. The molecule has 10 heteroatoms. The van der Waals surface area contributed by atoms with E-state index < -0.39 is 11.9 Å². The number of ether oxygens (including phenoxy) is 2. The average molecular weight is 853 g/mol. The van der Waals surface area contributed by atoms with Crippen LogP contribution in [0.25, 0.3) is 87.6 Å². The Balaban J connectivity index is 1.29. The highest BCUT2D eigenvalue weighted by atomic mass is 32.1. The second-order valence-corrected chi connectivity index (χ2v) is 16.9. The van der Waals surface area contributed by atoms with Gasteiger partial charge in [-0.2, -0.15) is 0 Å². The van der Waals surface area contributed by atoms with E-state index in [-0.39, 0.29) is 12.8 Å². The van der Waals surface area contributed by atoms with Crippen molar-refractivity contribution in [1.82, 2.24) is 9.97 Å². The summed E-state index contributed by atoms with van der Waals surface area (Å²) in [5, 5.41) is 18.1. The van der Waals surface area contributed by atoms with Crippen LogP contribution in [-0.2, 0) is 9.59 Å². The quantitative estimate of drug-likeness (QED) is 0.104. The van der Waals surface area contributed by atoms with E-state index >= 15 is 0 Å². The van der Waals surface area contributed by atoms with Crippen LogP contribution in [0.15, 0.2) is 133 Å². The van der Waals surface area contributed by atoms with E-state index in [1.54, 1.807) is 22.7 Å². The summed E-state index contributed by atoms with van der Waals surface area (Å²) in [4.78, 5) is 32.9. The van der Waals surface area contributed by atoms with Crippen molar-refractivity contribution >= 4 is 77.7 Å². The van der Waals surface area contributed by atoms with Gasteiger partial charge in [-0.3, -0.25) is 9.59 Å². The highest BCUT2D eigenvalue weighted by molar-refractivity contribution is 7.24. The number of rotatable bonds is 14. The fraction of sp³-hybridized carbons (Fsp3) is 0.115. The molecule has 0 saturated heterocycles. The molecule has 0 saturated carbocycles. The Hall–Kier alpha value is -7.14. The van der Waals surface area contributed by atoms with Crippen molar-refractivity contribution < 1.29 is 29.3 Å². The molecule has 8 nitrogen and oxygen atoms in total. The summed E-state index contributed by atoms with van der Waals surface area (Å²) in [7, 11) is 0. The predicted molar refractivity (Wildman–Crippen MR) is 252 cm³/mol. The fourth-order valence-electron chi connectivity index (χ4n) is 7.63. The van der Waals surface area contributed by atoms with Crippen molar-refractivity contribution in [1.29, 1.82) is 0 Å². The van der Waals surface area contributed by atoms with Gasteiger partial charge in [0.1, 0.15) is 11.5 Å². The summed E-state index contributed by atoms with van der Waals surface area (Å²) >= 11 is 3.39. The number of thiophene rings is 2. The minimum atomic E-state index is -0.842. The second kappa shape index (κ2) is 18.2. The Bertz CT molecular complexity index is 2810. The maximum atomic E-state index is 11.1. The van der Waals surface area contributed by atoms with Gasteiger partial charge in [-0.1, -0.05) is 84.9 Å². The SMILES string of the molecule is O=C(O)CCCOc1ccc(-c2c3nc(c(-c4ccccc4)c4ccc(s4)c(-c4ccccc4)c4nc(c(-c5ccc(OCCCC(=O)O)cc5)c5ccc2s5)C=C4)C=C3)cc1. The number of carbonyl (C=O) groups is 2. The lowest BCUT2D eigenvalue weighted by molar-refractivity contribution is -0.138. The molecule has 5 heterocycles. The smallest absolute Gasteiger partial charge is 0.303 e. The van der Waals surface area contributed by atoms with Crippen molar-refractivity contribution in [3.05, 3.63) is 156 Å². The molecular weight excluding hydrogens is 813 g/mol. The first-order chi connectivity index (χ1) is 30.4. The number of fused-ring (bicyclic) bond motifs is 8.